The first-order chi connectivity index (χ1) is 11.8. The first-order valence-corrected chi connectivity index (χ1v) is 10.7. The van der Waals surface area contributed by atoms with Gasteiger partial charge in [-0.25, -0.2) is 13.1 Å². The molecule has 25 heavy (non-hydrogen) atoms. The number of carbonyl (C=O) groups excluding carboxylic acids is 1. The summed E-state index contributed by atoms with van der Waals surface area (Å²) in [6, 6.07) is 8.95. The van der Waals surface area contributed by atoms with Gasteiger partial charge >= 0.3 is 0 Å². The molecule has 2 heterocycles. The lowest BCUT2D eigenvalue weighted by Gasteiger charge is -2.29. The van der Waals surface area contributed by atoms with E-state index in [-0.39, 0.29) is 16.8 Å². The van der Waals surface area contributed by atoms with E-state index in [9.17, 15) is 13.2 Å². The number of nitrogens with one attached hydrogen (secondary N) is 1. The van der Waals surface area contributed by atoms with Crippen molar-refractivity contribution >= 4 is 27.3 Å². The van der Waals surface area contributed by atoms with E-state index in [1.54, 1.807) is 37.3 Å². The van der Waals surface area contributed by atoms with E-state index in [0.29, 0.717) is 19.5 Å². The van der Waals surface area contributed by atoms with Crippen molar-refractivity contribution in [2.45, 2.75) is 44.2 Å². The molecule has 0 fully saturated rings. The molecule has 5 nitrogen and oxygen atoms in total. The van der Waals surface area contributed by atoms with Crippen molar-refractivity contribution in [2.24, 2.45) is 0 Å². The third-order valence-corrected chi connectivity index (χ3v) is 6.68. The van der Waals surface area contributed by atoms with Gasteiger partial charge in [-0.3, -0.25) is 4.79 Å². The van der Waals surface area contributed by atoms with Gasteiger partial charge < -0.3 is 4.90 Å². The number of hydrogen-bond donors (Lipinski definition) is 1. The van der Waals surface area contributed by atoms with Gasteiger partial charge in [0, 0.05) is 24.0 Å². The molecule has 1 aliphatic heterocycles. The third-order valence-electron chi connectivity index (χ3n) is 4.15. The lowest BCUT2D eigenvalue weighted by atomic mass is 9.99. The van der Waals surface area contributed by atoms with Gasteiger partial charge in [-0.15, -0.1) is 11.3 Å². The number of hydrogen-bond acceptors (Lipinski definition) is 4. The monoisotopic (exact) mass is 378 g/mol. The Kier molecular flexibility index (Phi) is 5.27. The molecular weight excluding hydrogens is 356 g/mol. The van der Waals surface area contributed by atoms with E-state index in [1.165, 1.54) is 0 Å². The number of thiophene rings is 1. The average Bonchev–Trinajstić information content (AvgIpc) is 3.05. The number of sulfonamides is 1. The SMILES string of the molecule is CC(C)NS(=O)(=O)c1ccc2c(c1)CN(C(=O)Cc1cccs1)CC2. The smallest absolute Gasteiger partial charge is 0.240 e. The van der Waals surface area contributed by atoms with E-state index in [4.69, 9.17) is 0 Å². The van der Waals surface area contributed by atoms with Gasteiger partial charge in [0.25, 0.3) is 0 Å². The molecule has 1 aromatic carbocycles. The minimum absolute atomic E-state index is 0.0849. The maximum Gasteiger partial charge on any atom is 0.240 e. The Morgan fingerprint density at radius 1 is 1.28 bits per heavy atom. The first-order valence-electron chi connectivity index (χ1n) is 8.29. The van der Waals surface area contributed by atoms with Gasteiger partial charge in [-0.05, 0) is 55.0 Å². The van der Waals surface area contributed by atoms with Crippen LogP contribution in [0.4, 0.5) is 0 Å². The Hall–Kier alpha value is -1.70. The van der Waals surface area contributed by atoms with Crippen LogP contribution in [0.25, 0.3) is 0 Å². The summed E-state index contributed by atoms with van der Waals surface area (Å²) in [5.41, 5.74) is 2.03. The molecule has 1 N–H and O–H groups in total. The molecule has 0 atom stereocenters. The molecule has 2 aromatic rings. The normalized spacial score (nSPS) is 14.6. The predicted octanol–water partition coefficient (Wildman–Crippen LogP) is 2.56. The molecule has 0 saturated carbocycles. The van der Waals surface area contributed by atoms with E-state index in [1.807, 2.05) is 28.5 Å². The highest BCUT2D eigenvalue weighted by atomic mass is 32.2. The van der Waals surface area contributed by atoms with Crippen molar-refractivity contribution in [3.63, 3.8) is 0 Å². The Morgan fingerprint density at radius 3 is 2.76 bits per heavy atom. The lowest BCUT2D eigenvalue weighted by Crippen LogP contribution is -2.37. The predicted molar refractivity (Wildman–Crippen MR) is 99.0 cm³/mol. The topological polar surface area (TPSA) is 66.5 Å². The number of benzene rings is 1. The molecule has 0 spiro atoms. The average molecular weight is 379 g/mol. The highest BCUT2D eigenvalue weighted by molar-refractivity contribution is 7.89. The molecule has 1 amide bonds. The summed E-state index contributed by atoms with van der Waals surface area (Å²) in [5.74, 6) is 0.0849. The standard InChI is InChI=1S/C18H22N2O3S2/c1-13(2)19-25(22,23)17-6-5-14-7-8-20(12-15(14)10-17)18(21)11-16-4-3-9-24-16/h3-6,9-10,13,19H,7-8,11-12H2,1-2H3. The zero-order valence-corrected chi connectivity index (χ0v) is 16.0. The van der Waals surface area contributed by atoms with Gasteiger partial charge in [-0.2, -0.15) is 0 Å². The van der Waals surface area contributed by atoms with Crippen LogP contribution in [0.15, 0.2) is 40.6 Å². The second-order valence-corrected chi connectivity index (χ2v) is 9.27. The summed E-state index contributed by atoms with van der Waals surface area (Å²) in [6.45, 7) is 4.72. The first kappa shape index (κ1) is 18.1. The molecule has 0 saturated heterocycles. The second-order valence-electron chi connectivity index (χ2n) is 6.53. The molecule has 0 bridgehead atoms. The highest BCUT2D eigenvalue weighted by Gasteiger charge is 2.23. The zero-order chi connectivity index (χ0) is 18.0. The van der Waals surface area contributed by atoms with Crippen LogP contribution < -0.4 is 4.72 Å². The van der Waals surface area contributed by atoms with Crippen molar-refractivity contribution in [3.05, 3.63) is 51.7 Å². The summed E-state index contributed by atoms with van der Waals surface area (Å²) in [4.78, 5) is 15.6. The van der Waals surface area contributed by atoms with E-state index >= 15 is 0 Å². The van der Waals surface area contributed by atoms with Gasteiger partial charge in [0.05, 0.1) is 11.3 Å². The number of nitrogens with zero attached hydrogens (tertiary/aromatic N) is 1. The Bertz CT molecular complexity index is 858. The van der Waals surface area contributed by atoms with E-state index < -0.39 is 10.0 Å². The summed E-state index contributed by atoms with van der Waals surface area (Å²) < 4.78 is 27.3. The highest BCUT2D eigenvalue weighted by Crippen LogP contribution is 2.23. The molecular formula is C18H22N2O3S2. The molecule has 0 unspecified atom stereocenters. The second kappa shape index (κ2) is 7.27. The molecule has 1 aliphatic rings. The van der Waals surface area contributed by atoms with E-state index in [2.05, 4.69) is 4.72 Å². The molecule has 7 heteroatoms. The number of fused-ring (bicyclic) bond motifs is 1. The van der Waals surface area contributed by atoms with Crippen LogP contribution in [0.5, 0.6) is 0 Å². The van der Waals surface area contributed by atoms with Gasteiger partial charge in [0.1, 0.15) is 0 Å². The van der Waals surface area contributed by atoms with Crippen molar-refractivity contribution in [2.75, 3.05) is 6.54 Å². The zero-order valence-electron chi connectivity index (χ0n) is 14.4. The van der Waals surface area contributed by atoms with Crippen LogP contribution >= 0.6 is 11.3 Å². The fourth-order valence-electron chi connectivity index (χ4n) is 2.97. The van der Waals surface area contributed by atoms with Crippen LogP contribution in [0, 0.1) is 0 Å². The van der Waals surface area contributed by atoms with Crippen LogP contribution in [0.1, 0.15) is 29.9 Å². The Balaban J connectivity index is 1.78. The maximum atomic E-state index is 12.5. The maximum absolute atomic E-state index is 12.5. The summed E-state index contributed by atoms with van der Waals surface area (Å²) in [5, 5.41) is 1.97. The van der Waals surface area contributed by atoms with Crippen LogP contribution in [-0.2, 0) is 34.2 Å². The van der Waals surface area contributed by atoms with Gasteiger partial charge in [0.15, 0.2) is 0 Å². The molecule has 0 radical (unpaired) electrons. The van der Waals surface area contributed by atoms with Crippen LogP contribution in [-0.4, -0.2) is 31.8 Å². The molecule has 0 aliphatic carbocycles. The van der Waals surface area contributed by atoms with Crippen LogP contribution in [0.3, 0.4) is 0 Å². The fraction of sp³-hybridized carbons (Fsp3) is 0.389. The van der Waals surface area contributed by atoms with Gasteiger partial charge in [0.2, 0.25) is 15.9 Å². The third kappa shape index (κ3) is 4.29. The van der Waals surface area contributed by atoms with Crippen molar-refractivity contribution in [3.8, 4) is 0 Å². The number of rotatable bonds is 5. The van der Waals surface area contributed by atoms with Crippen molar-refractivity contribution in [1.29, 1.82) is 0 Å². The largest absolute Gasteiger partial charge is 0.338 e. The Labute approximate surface area is 152 Å². The molecule has 3 rings (SSSR count). The van der Waals surface area contributed by atoms with E-state index in [0.717, 1.165) is 22.4 Å². The lowest BCUT2D eigenvalue weighted by molar-refractivity contribution is -0.131. The summed E-state index contributed by atoms with van der Waals surface area (Å²) in [6.07, 6.45) is 1.16. The molecule has 134 valence electrons. The van der Waals surface area contributed by atoms with Crippen molar-refractivity contribution in [1.82, 2.24) is 9.62 Å². The minimum Gasteiger partial charge on any atom is -0.338 e. The fourth-order valence-corrected chi connectivity index (χ4v) is 4.96. The van der Waals surface area contributed by atoms with Crippen molar-refractivity contribution < 1.29 is 13.2 Å². The minimum atomic E-state index is -3.52. The summed E-state index contributed by atoms with van der Waals surface area (Å²) >= 11 is 1.58. The number of amides is 1. The molecule has 1 aromatic heterocycles. The quantitative estimate of drug-likeness (QED) is 0.870. The Morgan fingerprint density at radius 2 is 2.08 bits per heavy atom. The van der Waals surface area contributed by atoms with Gasteiger partial charge in [-0.1, -0.05) is 12.1 Å². The summed E-state index contributed by atoms with van der Waals surface area (Å²) in [7, 11) is -3.52. The number of carbonyl (C=O) groups is 1. The van der Waals surface area contributed by atoms with Crippen LogP contribution in [0.2, 0.25) is 0 Å².